The average Bonchev–Trinajstić information content (AvgIpc) is 2.14. The van der Waals surface area contributed by atoms with Crippen LogP contribution in [0.2, 0.25) is 0 Å². The Hall–Kier alpha value is -0.100. The number of amidine groups is 1. The van der Waals surface area contributed by atoms with E-state index in [1.54, 1.807) is 11.3 Å². The van der Waals surface area contributed by atoms with Crippen LogP contribution < -0.4 is 5.73 Å². The van der Waals surface area contributed by atoms with E-state index < -0.39 is 0 Å². The van der Waals surface area contributed by atoms with Crippen LogP contribution in [-0.4, -0.2) is 5.84 Å². The molecule has 0 fully saturated rings. The minimum absolute atomic E-state index is 0.147. The lowest BCUT2D eigenvalue weighted by atomic mass is 10.3. The summed E-state index contributed by atoms with van der Waals surface area (Å²) in [5, 5.41) is 8.91. The third-order valence-corrected chi connectivity index (χ3v) is 2.67. The van der Waals surface area contributed by atoms with Crippen molar-refractivity contribution in [3.8, 4) is 0 Å². The first-order chi connectivity index (χ1) is 4.20. The molecule has 0 aromatic carbocycles. The third kappa shape index (κ3) is 1.65. The van der Waals surface area contributed by atoms with E-state index in [9.17, 15) is 0 Å². The van der Waals surface area contributed by atoms with Crippen LogP contribution in [0.25, 0.3) is 0 Å². The van der Waals surface area contributed by atoms with E-state index in [1.165, 1.54) is 0 Å². The Morgan fingerprint density at radius 1 is 1.78 bits per heavy atom. The Labute approximate surface area is 70.7 Å². The van der Waals surface area contributed by atoms with Gasteiger partial charge in [-0.15, -0.1) is 11.3 Å². The van der Waals surface area contributed by atoms with Gasteiger partial charge < -0.3 is 5.73 Å². The molecule has 0 aliphatic carbocycles. The molecule has 9 heavy (non-hydrogen) atoms. The summed E-state index contributed by atoms with van der Waals surface area (Å²) >= 11 is 3.80. The van der Waals surface area contributed by atoms with Crippen LogP contribution in [0.5, 0.6) is 0 Å². The monoisotopic (exact) mass is 252 g/mol. The Morgan fingerprint density at radius 3 is 2.67 bits per heavy atom. The molecule has 3 N–H and O–H groups in total. The Kier molecular flexibility index (Phi) is 2.07. The topological polar surface area (TPSA) is 49.9 Å². The van der Waals surface area contributed by atoms with Gasteiger partial charge in [-0.25, -0.2) is 0 Å². The molecule has 0 saturated heterocycles. The zero-order valence-corrected chi connectivity index (χ0v) is 7.49. The van der Waals surface area contributed by atoms with Gasteiger partial charge in [-0.05, 0) is 28.7 Å². The maximum Gasteiger partial charge on any atom is 0.123 e. The predicted octanol–water partition coefficient (Wildman–Crippen LogP) is 1.64. The molecule has 1 aromatic rings. The third-order valence-electron chi connectivity index (χ3n) is 0.878. The summed E-state index contributed by atoms with van der Waals surface area (Å²) in [5.74, 6) is 0.147. The second-order valence-electron chi connectivity index (χ2n) is 1.55. The van der Waals surface area contributed by atoms with Crippen LogP contribution in [0.3, 0.4) is 0 Å². The molecular weight excluding hydrogens is 247 g/mol. The maximum atomic E-state index is 7.03. The van der Waals surface area contributed by atoms with Crippen molar-refractivity contribution >= 4 is 39.8 Å². The van der Waals surface area contributed by atoms with Gasteiger partial charge in [-0.1, -0.05) is 0 Å². The van der Waals surface area contributed by atoms with Crippen LogP contribution in [0.15, 0.2) is 11.4 Å². The molecule has 48 valence electrons. The number of hydrogen-bond donors (Lipinski definition) is 2. The van der Waals surface area contributed by atoms with Gasteiger partial charge in [0.05, 0.1) is 2.88 Å². The summed E-state index contributed by atoms with van der Waals surface area (Å²) in [6.45, 7) is 0. The van der Waals surface area contributed by atoms with E-state index in [0.717, 1.165) is 8.45 Å². The average molecular weight is 252 g/mol. The number of nitrogens with one attached hydrogen (secondary N) is 1. The van der Waals surface area contributed by atoms with Crippen LogP contribution in [0.4, 0.5) is 0 Å². The zero-order valence-electron chi connectivity index (χ0n) is 4.52. The van der Waals surface area contributed by atoms with Crippen LogP contribution >= 0.6 is 33.9 Å². The first-order valence-corrected chi connectivity index (χ1v) is 4.24. The molecule has 0 amide bonds. The van der Waals surface area contributed by atoms with Gasteiger partial charge in [0.15, 0.2) is 0 Å². The fourth-order valence-corrected chi connectivity index (χ4v) is 1.80. The summed E-state index contributed by atoms with van der Waals surface area (Å²) in [7, 11) is 0. The molecule has 2 nitrogen and oxygen atoms in total. The minimum Gasteiger partial charge on any atom is -0.384 e. The van der Waals surface area contributed by atoms with Crippen molar-refractivity contribution < 1.29 is 0 Å². The Morgan fingerprint density at radius 2 is 2.44 bits per heavy atom. The molecule has 0 unspecified atom stereocenters. The van der Waals surface area contributed by atoms with E-state index in [2.05, 4.69) is 22.6 Å². The Bertz CT molecular complexity index is 231. The lowest BCUT2D eigenvalue weighted by molar-refractivity contribution is 1.44. The molecule has 4 heteroatoms. The van der Waals surface area contributed by atoms with Gasteiger partial charge in [0, 0.05) is 10.9 Å². The molecular formula is C5H5IN2S. The van der Waals surface area contributed by atoms with E-state index in [0.29, 0.717) is 0 Å². The summed E-state index contributed by atoms with van der Waals surface area (Å²) in [4.78, 5) is 0. The summed E-state index contributed by atoms with van der Waals surface area (Å²) in [6, 6.07) is 1.90. The number of nitrogens with two attached hydrogens (primary N) is 1. The highest BCUT2D eigenvalue weighted by Crippen LogP contribution is 2.15. The van der Waals surface area contributed by atoms with Crippen molar-refractivity contribution in [3.63, 3.8) is 0 Å². The first kappa shape index (κ1) is 7.01. The van der Waals surface area contributed by atoms with Crippen molar-refractivity contribution in [1.29, 1.82) is 5.41 Å². The highest BCUT2D eigenvalue weighted by atomic mass is 127. The highest BCUT2D eigenvalue weighted by molar-refractivity contribution is 14.1. The van der Waals surface area contributed by atoms with Gasteiger partial charge in [-0.3, -0.25) is 5.41 Å². The zero-order chi connectivity index (χ0) is 6.85. The van der Waals surface area contributed by atoms with Crippen molar-refractivity contribution in [2.75, 3.05) is 0 Å². The lowest BCUT2D eigenvalue weighted by Crippen LogP contribution is -2.09. The number of nitrogen functional groups attached to an aromatic ring is 1. The lowest BCUT2D eigenvalue weighted by Gasteiger charge is -1.85. The number of halogens is 1. The first-order valence-electron chi connectivity index (χ1n) is 2.28. The molecule has 0 bridgehead atoms. The van der Waals surface area contributed by atoms with Crippen molar-refractivity contribution in [2.24, 2.45) is 5.73 Å². The van der Waals surface area contributed by atoms with Crippen LogP contribution in [0.1, 0.15) is 5.56 Å². The molecule has 0 radical (unpaired) electrons. The van der Waals surface area contributed by atoms with Crippen LogP contribution in [0, 0.1) is 8.29 Å². The van der Waals surface area contributed by atoms with Crippen LogP contribution in [-0.2, 0) is 0 Å². The van der Waals surface area contributed by atoms with Gasteiger partial charge >= 0.3 is 0 Å². The quantitative estimate of drug-likeness (QED) is 0.445. The molecule has 0 aliphatic rings. The predicted molar refractivity (Wildman–Crippen MR) is 48.1 cm³/mol. The number of rotatable bonds is 1. The normalized spacial score (nSPS) is 9.44. The summed E-state index contributed by atoms with van der Waals surface area (Å²) in [6.07, 6.45) is 0. The summed E-state index contributed by atoms with van der Waals surface area (Å²) < 4.78 is 1.16. The van der Waals surface area contributed by atoms with Gasteiger partial charge in [-0.2, -0.15) is 0 Å². The van der Waals surface area contributed by atoms with Crippen molar-refractivity contribution in [2.45, 2.75) is 0 Å². The molecule has 0 aliphatic heterocycles. The highest BCUT2D eigenvalue weighted by Gasteiger charge is 1.97. The minimum atomic E-state index is 0.147. The number of hydrogen-bond acceptors (Lipinski definition) is 2. The fraction of sp³-hybridized carbons (Fsp3) is 0. The second-order valence-corrected chi connectivity index (χ2v) is 4.36. The largest absolute Gasteiger partial charge is 0.384 e. The fourth-order valence-electron chi connectivity index (χ4n) is 0.451. The van der Waals surface area contributed by atoms with Gasteiger partial charge in [0.1, 0.15) is 5.84 Å². The van der Waals surface area contributed by atoms with Crippen molar-refractivity contribution in [3.05, 3.63) is 19.9 Å². The standard InChI is InChI=1S/C5H5IN2S/c6-4-1-3(2-9-4)5(7)8/h1-2H,(H3,7,8). The van der Waals surface area contributed by atoms with E-state index in [1.807, 2.05) is 11.4 Å². The van der Waals surface area contributed by atoms with E-state index in [4.69, 9.17) is 11.1 Å². The number of thiophene rings is 1. The Balaban J connectivity index is 2.98. The summed E-state index contributed by atoms with van der Waals surface area (Å²) in [5.41, 5.74) is 6.04. The van der Waals surface area contributed by atoms with Crippen molar-refractivity contribution in [1.82, 2.24) is 0 Å². The molecule has 1 rings (SSSR count). The van der Waals surface area contributed by atoms with Gasteiger partial charge in [0.2, 0.25) is 0 Å². The molecule has 0 atom stereocenters. The molecule has 0 saturated carbocycles. The van der Waals surface area contributed by atoms with E-state index >= 15 is 0 Å². The molecule has 0 spiro atoms. The smallest absolute Gasteiger partial charge is 0.123 e. The maximum absolute atomic E-state index is 7.03. The van der Waals surface area contributed by atoms with E-state index in [-0.39, 0.29) is 5.84 Å². The second kappa shape index (κ2) is 2.66. The SMILES string of the molecule is N=C(N)c1csc(I)c1. The molecule has 1 heterocycles. The van der Waals surface area contributed by atoms with Gasteiger partial charge in [0.25, 0.3) is 0 Å². The molecule has 1 aromatic heterocycles.